The number of nitrogens with zero attached hydrogens (tertiary/aromatic N) is 1. The molecule has 1 saturated carbocycles. The van der Waals surface area contributed by atoms with Crippen LogP contribution in [0.5, 0.6) is 0 Å². The summed E-state index contributed by atoms with van der Waals surface area (Å²) in [7, 11) is 0. The highest BCUT2D eigenvalue weighted by atomic mass is 16.1. The molecule has 3 N–H and O–H groups in total. The van der Waals surface area contributed by atoms with E-state index < -0.39 is 0 Å². The van der Waals surface area contributed by atoms with E-state index in [-0.39, 0.29) is 17.9 Å². The maximum Gasteiger partial charge on any atom is 0.227 e. The molecule has 0 unspecified atom stereocenters. The molecule has 1 heterocycles. The van der Waals surface area contributed by atoms with E-state index in [1.165, 1.54) is 0 Å². The molecule has 0 spiro atoms. The van der Waals surface area contributed by atoms with Crippen LogP contribution in [-0.2, 0) is 4.79 Å². The van der Waals surface area contributed by atoms with Gasteiger partial charge in [-0.2, -0.15) is 0 Å². The van der Waals surface area contributed by atoms with Gasteiger partial charge < -0.3 is 11.1 Å². The molecule has 1 fully saturated rings. The Labute approximate surface area is 112 Å². The Balaban J connectivity index is 1.76. The summed E-state index contributed by atoms with van der Waals surface area (Å²) in [6.07, 6.45) is 6.20. The highest BCUT2D eigenvalue weighted by molar-refractivity contribution is 5.95. The van der Waals surface area contributed by atoms with Crippen molar-refractivity contribution in [2.24, 2.45) is 11.7 Å². The second-order valence-corrected chi connectivity index (χ2v) is 5.20. The third-order valence-corrected chi connectivity index (χ3v) is 3.75. The zero-order valence-corrected chi connectivity index (χ0v) is 10.7. The summed E-state index contributed by atoms with van der Waals surface area (Å²) >= 11 is 0. The lowest BCUT2D eigenvalue weighted by Gasteiger charge is -2.11. The van der Waals surface area contributed by atoms with E-state index >= 15 is 0 Å². The van der Waals surface area contributed by atoms with Crippen molar-refractivity contribution in [1.82, 2.24) is 4.98 Å². The highest BCUT2D eigenvalue weighted by Crippen LogP contribution is 2.26. The Hall–Kier alpha value is -1.94. The van der Waals surface area contributed by atoms with Crippen LogP contribution >= 0.6 is 0 Å². The molecule has 3 rings (SSSR count). The number of nitrogens with one attached hydrogen (secondary N) is 1. The van der Waals surface area contributed by atoms with Crippen LogP contribution in [0.3, 0.4) is 0 Å². The van der Waals surface area contributed by atoms with E-state index in [9.17, 15) is 4.79 Å². The van der Waals surface area contributed by atoms with Crippen molar-refractivity contribution in [3.63, 3.8) is 0 Å². The third kappa shape index (κ3) is 2.58. The lowest BCUT2D eigenvalue weighted by molar-refractivity contribution is -0.119. The van der Waals surface area contributed by atoms with Crippen molar-refractivity contribution in [2.75, 3.05) is 5.32 Å². The number of benzene rings is 1. The molecule has 98 valence electrons. The van der Waals surface area contributed by atoms with Gasteiger partial charge in [-0.1, -0.05) is 6.07 Å². The van der Waals surface area contributed by atoms with Crippen molar-refractivity contribution in [2.45, 2.75) is 25.3 Å². The summed E-state index contributed by atoms with van der Waals surface area (Å²) in [5.74, 6) is 0.143. The molecule has 1 aromatic carbocycles. The number of nitrogens with two attached hydrogens (primary N) is 1. The third-order valence-electron chi connectivity index (χ3n) is 3.75. The lowest BCUT2D eigenvalue weighted by Crippen LogP contribution is -2.23. The van der Waals surface area contributed by atoms with Gasteiger partial charge in [-0.25, -0.2) is 0 Å². The Morgan fingerprint density at radius 2 is 2.16 bits per heavy atom. The molecule has 1 aliphatic rings. The van der Waals surface area contributed by atoms with Crippen LogP contribution in [0.25, 0.3) is 10.8 Å². The van der Waals surface area contributed by atoms with Crippen LogP contribution in [-0.4, -0.2) is 16.9 Å². The summed E-state index contributed by atoms with van der Waals surface area (Å²) in [6, 6.07) is 7.98. The summed E-state index contributed by atoms with van der Waals surface area (Å²) < 4.78 is 0. The zero-order valence-electron chi connectivity index (χ0n) is 10.7. The lowest BCUT2D eigenvalue weighted by atomic mass is 10.1. The molecule has 19 heavy (non-hydrogen) atoms. The molecule has 1 aromatic heterocycles. The number of carbonyl (C=O) groups is 1. The first kappa shape index (κ1) is 12.1. The van der Waals surface area contributed by atoms with Gasteiger partial charge >= 0.3 is 0 Å². The van der Waals surface area contributed by atoms with Gasteiger partial charge in [0.1, 0.15) is 0 Å². The molecule has 2 aromatic rings. The van der Waals surface area contributed by atoms with Crippen LogP contribution in [0.4, 0.5) is 5.69 Å². The number of fused-ring (bicyclic) bond motifs is 1. The van der Waals surface area contributed by atoms with Crippen molar-refractivity contribution in [1.29, 1.82) is 0 Å². The number of hydrogen-bond donors (Lipinski definition) is 2. The predicted molar refractivity (Wildman–Crippen MR) is 75.7 cm³/mol. The minimum atomic E-state index is 0.0585. The summed E-state index contributed by atoms with van der Waals surface area (Å²) in [4.78, 5) is 16.2. The topological polar surface area (TPSA) is 68.0 Å². The fourth-order valence-electron chi connectivity index (χ4n) is 2.66. The average Bonchev–Trinajstić information content (AvgIpc) is 2.85. The molecule has 0 bridgehead atoms. The quantitative estimate of drug-likeness (QED) is 0.865. The fraction of sp³-hybridized carbons (Fsp3) is 0.333. The van der Waals surface area contributed by atoms with Crippen molar-refractivity contribution in [3.8, 4) is 0 Å². The van der Waals surface area contributed by atoms with Gasteiger partial charge in [-0.15, -0.1) is 0 Å². The number of pyridine rings is 1. The van der Waals surface area contributed by atoms with Crippen LogP contribution in [0.15, 0.2) is 36.7 Å². The number of carbonyl (C=O) groups excluding carboxylic acids is 1. The zero-order chi connectivity index (χ0) is 13.2. The van der Waals surface area contributed by atoms with Gasteiger partial charge in [0.25, 0.3) is 0 Å². The smallest absolute Gasteiger partial charge is 0.227 e. The van der Waals surface area contributed by atoms with E-state index in [4.69, 9.17) is 5.73 Å². The molecular formula is C15H17N3O. The largest absolute Gasteiger partial charge is 0.328 e. The summed E-state index contributed by atoms with van der Waals surface area (Å²) in [5.41, 5.74) is 6.68. The predicted octanol–water partition coefficient (Wildman–Crippen LogP) is 2.30. The van der Waals surface area contributed by atoms with Gasteiger partial charge in [0.2, 0.25) is 5.91 Å². The van der Waals surface area contributed by atoms with E-state index in [1.807, 2.05) is 30.5 Å². The Bertz CT molecular complexity index is 611. The first-order valence-electron chi connectivity index (χ1n) is 6.62. The van der Waals surface area contributed by atoms with E-state index in [1.54, 1.807) is 6.20 Å². The standard InChI is InChI=1S/C15H17N3O/c16-13-3-1-11(7-13)15(19)18-14-4-2-12-9-17-6-5-10(12)8-14/h2,4-6,8-9,11,13H,1,3,7,16H2,(H,18,19)/t11-,13-/m1/s1. The molecule has 1 aliphatic carbocycles. The molecule has 4 nitrogen and oxygen atoms in total. The monoisotopic (exact) mass is 255 g/mol. The van der Waals surface area contributed by atoms with Crippen molar-refractivity contribution in [3.05, 3.63) is 36.7 Å². The van der Waals surface area contributed by atoms with Gasteiger partial charge in [-0.05, 0) is 42.8 Å². The van der Waals surface area contributed by atoms with Crippen LogP contribution in [0, 0.1) is 5.92 Å². The second kappa shape index (κ2) is 4.97. The van der Waals surface area contributed by atoms with Crippen molar-refractivity contribution >= 4 is 22.4 Å². The van der Waals surface area contributed by atoms with Crippen LogP contribution in [0.1, 0.15) is 19.3 Å². The van der Waals surface area contributed by atoms with Crippen molar-refractivity contribution < 1.29 is 4.79 Å². The minimum absolute atomic E-state index is 0.0585. The number of hydrogen-bond acceptors (Lipinski definition) is 3. The van der Waals surface area contributed by atoms with Crippen LogP contribution in [0.2, 0.25) is 0 Å². The average molecular weight is 255 g/mol. The van der Waals surface area contributed by atoms with Gasteiger partial charge in [0, 0.05) is 35.4 Å². The Morgan fingerprint density at radius 3 is 2.95 bits per heavy atom. The first-order valence-corrected chi connectivity index (χ1v) is 6.62. The number of aromatic nitrogens is 1. The Morgan fingerprint density at radius 1 is 1.26 bits per heavy atom. The first-order chi connectivity index (χ1) is 9.22. The normalized spacial score (nSPS) is 22.6. The molecule has 0 radical (unpaired) electrons. The van der Waals surface area contributed by atoms with Gasteiger partial charge in [0.15, 0.2) is 0 Å². The molecule has 0 aliphatic heterocycles. The molecule has 4 heteroatoms. The fourth-order valence-corrected chi connectivity index (χ4v) is 2.66. The molecule has 2 atom stereocenters. The minimum Gasteiger partial charge on any atom is -0.328 e. The maximum absolute atomic E-state index is 12.1. The summed E-state index contributed by atoms with van der Waals surface area (Å²) in [5, 5.41) is 5.13. The van der Waals surface area contributed by atoms with Gasteiger partial charge in [-0.3, -0.25) is 9.78 Å². The number of anilines is 1. The van der Waals surface area contributed by atoms with E-state index in [0.29, 0.717) is 0 Å². The molecule has 0 saturated heterocycles. The SMILES string of the molecule is N[C@@H]1CC[C@@H](C(=O)Nc2ccc3cnccc3c2)C1. The van der Waals surface area contributed by atoms with Crippen LogP contribution < -0.4 is 11.1 Å². The maximum atomic E-state index is 12.1. The molecular weight excluding hydrogens is 238 g/mol. The number of amides is 1. The highest BCUT2D eigenvalue weighted by Gasteiger charge is 2.27. The van der Waals surface area contributed by atoms with E-state index in [2.05, 4.69) is 10.3 Å². The Kier molecular flexibility index (Phi) is 3.17. The summed E-state index contributed by atoms with van der Waals surface area (Å²) in [6.45, 7) is 0. The van der Waals surface area contributed by atoms with E-state index in [0.717, 1.165) is 35.7 Å². The molecule has 1 amide bonds. The van der Waals surface area contributed by atoms with Gasteiger partial charge in [0.05, 0.1) is 0 Å². The number of rotatable bonds is 2. The second-order valence-electron chi connectivity index (χ2n) is 5.20.